The highest BCUT2D eigenvalue weighted by Gasteiger charge is 2.24. The van der Waals surface area contributed by atoms with Crippen LogP contribution in [-0.4, -0.2) is 74.7 Å². The Labute approximate surface area is 204 Å². The van der Waals surface area contributed by atoms with E-state index in [9.17, 15) is 4.79 Å². The summed E-state index contributed by atoms with van der Waals surface area (Å²) in [4.78, 5) is 19.9. The number of likely N-dealkylation sites (tertiary alicyclic amines) is 1. The lowest BCUT2D eigenvalue weighted by Gasteiger charge is -2.36. The van der Waals surface area contributed by atoms with Crippen LogP contribution in [0.5, 0.6) is 11.5 Å². The van der Waals surface area contributed by atoms with Crippen LogP contribution in [0.15, 0.2) is 42.5 Å². The summed E-state index contributed by atoms with van der Waals surface area (Å²) >= 11 is 0. The number of methoxy groups -OCH3 is 1. The molecule has 2 saturated heterocycles. The highest BCUT2D eigenvalue weighted by Crippen LogP contribution is 2.24. The Morgan fingerprint density at radius 3 is 2.47 bits per heavy atom. The highest BCUT2D eigenvalue weighted by molar-refractivity contribution is 5.97. The smallest absolute Gasteiger partial charge is 0.257 e. The minimum Gasteiger partial charge on any atom is -0.496 e. The molecule has 2 aromatic rings. The lowest BCUT2D eigenvalue weighted by atomic mass is 10.0. The standard InChI is InChI=1S/C28H39N3O3/c1-22-8-13-27(33-3)26(21-22)28(32)31-18-16-30(17-19-31)24-9-11-25(12-10-24)34-20-6-15-29-14-5-4-7-23(29)2/h8-13,21,23H,4-7,14-20H2,1-3H3. The normalized spacial score (nSPS) is 19.2. The van der Waals surface area contributed by atoms with Crippen LogP contribution < -0.4 is 14.4 Å². The van der Waals surface area contributed by atoms with Gasteiger partial charge in [0.1, 0.15) is 11.5 Å². The van der Waals surface area contributed by atoms with Crippen molar-refractivity contribution in [3.05, 3.63) is 53.6 Å². The summed E-state index contributed by atoms with van der Waals surface area (Å²) in [7, 11) is 1.61. The van der Waals surface area contributed by atoms with Gasteiger partial charge in [-0.15, -0.1) is 0 Å². The van der Waals surface area contributed by atoms with E-state index >= 15 is 0 Å². The number of piperidine rings is 1. The third-order valence-electron chi connectivity index (χ3n) is 7.15. The Balaban J connectivity index is 1.23. The zero-order valence-electron chi connectivity index (χ0n) is 21.0. The van der Waals surface area contributed by atoms with Crippen molar-refractivity contribution in [3.63, 3.8) is 0 Å². The van der Waals surface area contributed by atoms with Crippen molar-refractivity contribution >= 4 is 11.6 Å². The molecule has 0 saturated carbocycles. The van der Waals surface area contributed by atoms with Crippen LogP contribution in [0.1, 0.15) is 48.5 Å². The van der Waals surface area contributed by atoms with E-state index in [1.54, 1.807) is 7.11 Å². The number of nitrogens with zero attached hydrogens (tertiary/aromatic N) is 3. The van der Waals surface area contributed by atoms with E-state index in [0.717, 1.165) is 44.0 Å². The molecule has 2 aliphatic heterocycles. The summed E-state index contributed by atoms with van der Waals surface area (Å²) in [5.74, 6) is 1.61. The molecule has 2 aromatic carbocycles. The Kier molecular flexibility index (Phi) is 8.33. The summed E-state index contributed by atoms with van der Waals surface area (Å²) in [6, 6.07) is 14.8. The average molecular weight is 466 g/mol. The van der Waals surface area contributed by atoms with Gasteiger partial charge >= 0.3 is 0 Å². The van der Waals surface area contributed by atoms with E-state index in [1.165, 1.54) is 31.5 Å². The van der Waals surface area contributed by atoms with Gasteiger partial charge in [0.25, 0.3) is 5.91 Å². The van der Waals surface area contributed by atoms with E-state index in [4.69, 9.17) is 9.47 Å². The molecule has 4 rings (SSSR count). The van der Waals surface area contributed by atoms with Crippen molar-refractivity contribution in [2.45, 2.75) is 45.6 Å². The third kappa shape index (κ3) is 6.03. The van der Waals surface area contributed by atoms with Gasteiger partial charge in [-0.3, -0.25) is 4.79 Å². The Morgan fingerprint density at radius 1 is 1.00 bits per heavy atom. The molecule has 2 fully saturated rings. The number of benzene rings is 2. The predicted octanol–water partition coefficient (Wildman–Crippen LogP) is 4.61. The second-order valence-corrected chi connectivity index (χ2v) is 9.56. The number of anilines is 1. The number of ether oxygens (including phenoxy) is 2. The second kappa shape index (κ2) is 11.6. The molecular weight excluding hydrogens is 426 g/mol. The fourth-order valence-corrected chi connectivity index (χ4v) is 5.03. The molecule has 0 spiro atoms. The summed E-state index contributed by atoms with van der Waals surface area (Å²) < 4.78 is 11.4. The number of amides is 1. The van der Waals surface area contributed by atoms with Crippen LogP contribution in [-0.2, 0) is 0 Å². The van der Waals surface area contributed by atoms with E-state index in [1.807, 2.05) is 30.0 Å². The first-order chi connectivity index (χ1) is 16.5. The zero-order valence-corrected chi connectivity index (χ0v) is 21.0. The molecule has 6 nitrogen and oxygen atoms in total. The van der Waals surface area contributed by atoms with Gasteiger partial charge in [-0.2, -0.15) is 0 Å². The monoisotopic (exact) mass is 465 g/mol. The van der Waals surface area contributed by atoms with Crippen LogP contribution in [0.2, 0.25) is 0 Å². The fourth-order valence-electron chi connectivity index (χ4n) is 5.03. The minimum absolute atomic E-state index is 0.0443. The lowest BCUT2D eigenvalue weighted by Crippen LogP contribution is -2.48. The van der Waals surface area contributed by atoms with Crippen molar-refractivity contribution in [2.75, 3.05) is 57.9 Å². The van der Waals surface area contributed by atoms with Crippen LogP contribution in [0, 0.1) is 6.92 Å². The Morgan fingerprint density at radius 2 is 1.76 bits per heavy atom. The van der Waals surface area contributed by atoms with Crippen LogP contribution in [0.3, 0.4) is 0 Å². The number of carbonyl (C=O) groups excluding carboxylic acids is 1. The number of rotatable bonds is 8. The summed E-state index contributed by atoms with van der Waals surface area (Å²) in [5.41, 5.74) is 2.88. The first kappa shape index (κ1) is 24.4. The van der Waals surface area contributed by atoms with Crippen LogP contribution in [0.25, 0.3) is 0 Å². The number of hydrogen-bond acceptors (Lipinski definition) is 5. The van der Waals surface area contributed by atoms with Crippen molar-refractivity contribution in [1.82, 2.24) is 9.80 Å². The minimum atomic E-state index is 0.0443. The topological polar surface area (TPSA) is 45.3 Å². The molecule has 1 unspecified atom stereocenters. The maximum atomic E-state index is 13.1. The van der Waals surface area contributed by atoms with Gasteiger partial charge in [0.15, 0.2) is 0 Å². The van der Waals surface area contributed by atoms with E-state index in [0.29, 0.717) is 30.4 Å². The van der Waals surface area contributed by atoms with Crippen molar-refractivity contribution in [2.24, 2.45) is 0 Å². The first-order valence-corrected chi connectivity index (χ1v) is 12.7. The van der Waals surface area contributed by atoms with Crippen molar-refractivity contribution in [1.29, 1.82) is 0 Å². The molecular formula is C28H39N3O3. The summed E-state index contributed by atoms with van der Waals surface area (Å²) in [5, 5.41) is 0. The van der Waals surface area contributed by atoms with E-state index < -0.39 is 0 Å². The highest BCUT2D eigenvalue weighted by atomic mass is 16.5. The predicted molar refractivity (Wildman–Crippen MR) is 137 cm³/mol. The van der Waals surface area contributed by atoms with Crippen molar-refractivity contribution in [3.8, 4) is 11.5 Å². The van der Waals surface area contributed by atoms with Gasteiger partial charge in [-0.25, -0.2) is 0 Å². The molecule has 34 heavy (non-hydrogen) atoms. The Hall–Kier alpha value is -2.73. The second-order valence-electron chi connectivity index (χ2n) is 9.56. The molecule has 0 aromatic heterocycles. The molecule has 0 aliphatic carbocycles. The SMILES string of the molecule is COc1ccc(C)cc1C(=O)N1CCN(c2ccc(OCCCN3CCCCC3C)cc2)CC1. The largest absolute Gasteiger partial charge is 0.496 e. The zero-order chi connectivity index (χ0) is 23.9. The van der Waals surface area contributed by atoms with Crippen molar-refractivity contribution < 1.29 is 14.3 Å². The van der Waals surface area contributed by atoms with Crippen LogP contribution in [0.4, 0.5) is 5.69 Å². The molecule has 1 amide bonds. The van der Waals surface area contributed by atoms with Crippen LogP contribution >= 0.6 is 0 Å². The summed E-state index contributed by atoms with van der Waals surface area (Å²) in [6.07, 6.45) is 5.08. The average Bonchev–Trinajstić information content (AvgIpc) is 2.87. The van der Waals surface area contributed by atoms with Gasteiger partial charge in [-0.05, 0) is 76.1 Å². The number of hydrogen-bond donors (Lipinski definition) is 0. The molecule has 6 heteroatoms. The number of piperazine rings is 1. The maximum absolute atomic E-state index is 13.1. The molecule has 184 valence electrons. The molecule has 0 bridgehead atoms. The third-order valence-corrected chi connectivity index (χ3v) is 7.15. The van der Waals surface area contributed by atoms with Gasteiger partial charge < -0.3 is 24.2 Å². The lowest BCUT2D eigenvalue weighted by molar-refractivity contribution is 0.0743. The van der Waals surface area contributed by atoms with Gasteiger partial charge in [-0.1, -0.05) is 18.1 Å². The number of aryl methyl sites for hydroxylation is 1. The fraction of sp³-hybridized carbons (Fsp3) is 0.536. The molecule has 0 N–H and O–H groups in total. The van der Waals surface area contributed by atoms with Gasteiger partial charge in [0, 0.05) is 44.5 Å². The number of carbonyl (C=O) groups is 1. The van der Waals surface area contributed by atoms with E-state index in [2.05, 4.69) is 41.0 Å². The maximum Gasteiger partial charge on any atom is 0.257 e. The molecule has 2 aliphatic rings. The van der Waals surface area contributed by atoms with E-state index in [-0.39, 0.29) is 5.91 Å². The molecule has 1 atom stereocenters. The molecule has 2 heterocycles. The van der Waals surface area contributed by atoms with Gasteiger partial charge in [0.2, 0.25) is 0 Å². The Bertz CT molecular complexity index is 938. The first-order valence-electron chi connectivity index (χ1n) is 12.7. The quantitative estimate of drug-likeness (QED) is 0.533. The van der Waals surface area contributed by atoms with Gasteiger partial charge in [0.05, 0.1) is 19.3 Å². The molecule has 0 radical (unpaired) electrons. The summed E-state index contributed by atoms with van der Waals surface area (Å²) in [6.45, 7) is 10.5.